The first-order chi connectivity index (χ1) is 13.5. The summed E-state index contributed by atoms with van der Waals surface area (Å²) in [6.07, 6.45) is 6.66. The molecule has 4 rings (SSSR count). The van der Waals surface area contributed by atoms with E-state index in [9.17, 15) is 9.59 Å². The van der Waals surface area contributed by atoms with E-state index < -0.39 is 0 Å². The molecule has 0 spiro atoms. The van der Waals surface area contributed by atoms with Gasteiger partial charge < -0.3 is 9.72 Å². The van der Waals surface area contributed by atoms with Gasteiger partial charge in [0, 0.05) is 6.54 Å². The van der Waals surface area contributed by atoms with Crippen LogP contribution in [0.3, 0.4) is 0 Å². The van der Waals surface area contributed by atoms with Gasteiger partial charge in [-0.25, -0.2) is 9.78 Å². The molecule has 28 heavy (non-hydrogen) atoms. The van der Waals surface area contributed by atoms with Crippen molar-refractivity contribution in [3.63, 3.8) is 0 Å². The van der Waals surface area contributed by atoms with Gasteiger partial charge in [0.2, 0.25) is 0 Å². The Bertz CT molecular complexity index is 935. The number of esters is 1. The minimum absolute atomic E-state index is 0.0634. The number of thiophene rings is 1. The summed E-state index contributed by atoms with van der Waals surface area (Å²) in [7, 11) is 0. The van der Waals surface area contributed by atoms with Crippen LogP contribution >= 0.6 is 11.3 Å². The fourth-order valence-electron chi connectivity index (χ4n) is 4.90. The molecule has 6 nitrogen and oxygen atoms in total. The molecule has 3 atom stereocenters. The summed E-state index contributed by atoms with van der Waals surface area (Å²) in [6, 6.07) is 0.0634. The maximum atomic E-state index is 12.8. The van der Waals surface area contributed by atoms with Gasteiger partial charge in [0.05, 0.1) is 18.0 Å². The standard InChI is InChI=1S/C21H29N3O3S/c1-4-27-21(26)17-12(2)16-19(25)22-18(23-20(16)28-17)13(3)24-10-9-14-7-5-6-8-15(14)11-24/h13-15H,4-11H2,1-3H3,(H,22,23,25)/t13-,14-,15+/m0/s1. The second kappa shape index (κ2) is 7.95. The molecule has 1 saturated heterocycles. The highest BCUT2D eigenvalue weighted by molar-refractivity contribution is 7.20. The Morgan fingerprint density at radius 1 is 1.32 bits per heavy atom. The maximum absolute atomic E-state index is 12.8. The van der Waals surface area contributed by atoms with E-state index >= 15 is 0 Å². The molecule has 0 unspecified atom stereocenters. The largest absolute Gasteiger partial charge is 0.462 e. The van der Waals surface area contributed by atoms with Crippen molar-refractivity contribution in [3.05, 3.63) is 26.6 Å². The Kier molecular flexibility index (Phi) is 5.56. The first-order valence-corrected chi connectivity index (χ1v) is 11.3. The molecule has 0 bridgehead atoms. The summed E-state index contributed by atoms with van der Waals surface area (Å²) in [4.78, 5) is 36.3. The molecular formula is C21H29N3O3S. The zero-order valence-corrected chi connectivity index (χ0v) is 17.7. The second-order valence-electron chi connectivity index (χ2n) is 8.17. The average molecular weight is 404 g/mol. The van der Waals surface area contributed by atoms with Gasteiger partial charge in [0.25, 0.3) is 5.56 Å². The lowest BCUT2D eigenvalue weighted by molar-refractivity contribution is 0.0531. The molecule has 0 radical (unpaired) electrons. The number of hydrogen-bond donors (Lipinski definition) is 1. The number of aromatic amines is 1. The van der Waals surface area contributed by atoms with Gasteiger partial charge in [-0.15, -0.1) is 11.3 Å². The van der Waals surface area contributed by atoms with Crippen molar-refractivity contribution in [2.24, 2.45) is 11.8 Å². The van der Waals surface area contributed by atoms with E-state index in [2.05, 4.69) is 16.8 Å². The molecule has 2 aromatic heterocycles. The first-order valence-electron chi connectivity index (χ1n) is 10.4. The van der Waals surface area contributed by atoms with Crippen LogP contribution in [0.1, 0.15) is 73.1 Å². The second-order valence-corrected chi connectivity index (χ2v) is 9.17. The minimum atomic E-state index is -0.378. The lowest BCUT2D eigenvalue weighted by Crippen LogP contribution is -2.43. The topological polar surface area (TPSA) is 75.3 Å². The van der Waals surface area contributed by atoms with E-state index in [0.717, 1.165) is 24.9 Å². The quantitative estimate of drug-likeness (QED) is 0.780. The van der Waals surface area contributed by atoms with Crippen molar-refractivity contribution < 1.29 is 9.53 Å². The highest BCUT2D eigenvalue weighted by Crippen LogP contribution is 2.38. The summed E-state index contributed by atoms with van der Waals surface area (Å²) in [6.45, 7) is 8.16. The van der Waals surface area contributed by atoms with E-state index in [1.54, 1.807) is 13.8 Å². The minimum Gasteiger partial charge on any atom is -0.462 e. The number of fused-ring (bicyclic) bond motifs is 2. The highest BCUT2D eigenvalue weighted by atomic mass is 32.1. The normalized spacial score (nSPS) is 24.1. The Morgan fingerprint density at radius 3 is 2.82 bits per heavy atom. The number of nitrogens with one attached hydrogen (secondary N) is 1. The number of piperidine rings is 1. The third-order valence-corrected chi connectivity index (χ3v) is 7.71. The van der Waals surface area contributed by atoms with Crippen LogP contribution in [0.2, 0.25) is 0 Å². The Labute approximate surface area is 169 Å². The lowest BCUT2D eigenvalue weighted by Gasteiger charge is -2.43. The smallest absolute Gasteiger partial charge is 0.348 e. The van der Waals surface area contributed by atoms with Crippen molar-refractivity contribution >= 4 is 27.5 Å². The molecule has 2 aliphatic rings. The van der Waals surface area contributed by atoms with Crippen LogP contribution in [0.15, 0.2) is 4.79 Å². The van der Waals surface area contributed by atoms with Crippen LogP contribution in [0.5, 0.6) is 0 Å². The molecule has 0 amide bonds. The number of carbonyl (C=O) groups excluding carboxylic acids is 1. The number of ether oxygens (including phenoxy) is 1. The SMILES string of the molecule is CCOC(=O)c1sc2nc([C@H](C)N3CC[C@@H]4CCCC[C@@H]4C3)[nH]c(=O)c2c1C. The number of likely N-dealkylation sites (tertiary alicyclic amines) is 1. The zero-order chi connectivity index (χ0) is 19.8. The van der Waals surface area contributed by atoms with Crippen molar-refractivity contribution in [2.75, 3.05) is 19.7 Å². The number of aromatic nitrogens is 2. The number of rotatable bonds is 4. The van der Waals surface area contributed by atoms with Crippen molar-refractivity contribution in [2.45, 2.75) is 58.9 Å². The molecule has 3 heterocycles. The van der Waals surface area contributed by atoms with Crippen LogP contribution in [0, 0.1) is 18.8 Å². The van der Waals surface area contributed by atoms with Gasteiger partial charge in [0.15, 0.2) is 0 Å². The summed E-state index contributed by atoms with van der Waals surface area (Å²) >= 11 is 1.26. The number of aryl methyl sites for hydroxylation is 1. The van der Waals surface area contributed by atoms with Gasteiger partial charge in [-0.1, -0.05) is 19.3 Å². The zero-order valence-electron chi connectivity index (χ0n) is 16.9. The summed E-state index contributed by atoms with van der Waals surface area (Å²) in [5.41, 5.74) is 0.498. The fourth-order valence-corrected chi connectivity index (χ4v) is 5.99. The Hall–Kier alpha value is -1.73. The van der Waals surface area contributed by atoms with E-state index in [0.29, 0.717) is 33.1 Å². The van der Waals surface area contributed by atoms with Gasteiger partial charge >= 0.3 is 5.97 Å². The first kappa shape index (κ1) is 19.6. The number of H-pyrrole nitrogens is 1. The van der Waals surface area contributed by atoms with Crippen LogP contribution < -0.4 is 5.56 Å². The predicted molar refractivity (Wildman–Crippen MR) is 111 cm³/mol. The summed E-state index contributed by atoms with van der Waals surface area (Å²) in [5.74, 6) is 1.97. The van der Waals surface area contributed by atoms with Crippen molar-refractivity contribution in [3.8, 4) is 0 Å². The number of hydrogen-bond acceptors (Lipinski definition) is 6. The molecular weight excluding hydrogens is 374 g/mol. The third kappa shape index (κ3) is 3.50. The van der Waals surface area contributed by atoms with Gasteiger partial charge in [-0.3, -0.25) is 9.69 Å². The summed E-state index contributed by atoms with van der Waals surface area (Å²) < 4.78 is 5.12. The molecule has 1 saturated carbocycles. The maximum Gasteiger partial charge on any atom is 0.348 e. The Balaban J connectivity index is 1.62. The van der Waals surface area contributed by atoms with E-state index in [4.69, 9.17) is 9.72 Å². The monoisotopic (exact) mass is 403 g/mol. The highest BCUT2D eigenvalue weighted by Gasteiger charge is 2.34. The van der Waals surface area contributed by atoms with Crippen molar-refractivity contribution in [1.82, 2.24) is 14.9 Å². The Morgan fingerprint density at radius 2 is 2.07 bits per heavy atom. The van der Waals surface area contributed by atoms with Gasteiger partial charge in [0.1, 0.15) is 15.5 Å². The molecule has 0 aromatic carbocycles. The molecule has 1 aliphatic carbocycles. The lowest BCUT2D eigenvalue weighted by atomic mass is 9.75. The number of carbonyl (C=O) groups is 1. The van der Waals surface area contributed by atoms with Gasteiger partial charge in [-0.2, -0.15) is 0 Å². The van der Waals surface area contributed by atoms with Crippen LogP contribution in [0.4, 0.5) is 0 Å². The third-order valence-electron chi connectivity index (χ3n) is 6.55. The van der Waals surface area contributed by atoms with E-state index in [1.165, 1.54) is 43.4 Å². The van der Waals surface area contributed by atoms with E-state index in [-0.39, 0.29) is 17.6 Å². The summed E-state index contributed by atoms with van der Waals surface area (Å²) in [5, 5.41) is 0.509. The van der Waals surface area contributed by atoms with E-state index in [1.807, 2.05) is 0 Å². The molecule has 1 N–H and O–H groups in total. The average Bonchev–Trinajstić information content (AvgIpc) is 3.04. The van der Waals surface area contributed by atoms with Crippen LogP contribution in [-0.2, 0) is 4.74 Å². The molecule has 2 aromatic rings. The van der Waals surface area contributed by atoms with Crippen LogP contribution in [-0.4, -0.2) is 40.5 Å². The predicted octanol–water partition coefficient (Wildman–Crippen LogP) is 4.04. The number of nitrogens with zero attached hydrogens (tertiary/aromatic N) is 2. The molecule has 152 valence electrons. The van der Waals surface area contributed by atoms with Crippen molar-refractivity contribution in [1.29, 1.82) is 0 Å². The molecule has 7 heteroatoms. The van der Waals surface area contributed by atoms with Gasteiger partial charge in [-0.05, 0) is 57.6 Å². The van der Waals surface area contributed by atoms with Crippen LogP contribution in [0.25, 0.3) is 10.2 Å². The molecule has 1 aliphatic heterocycles. The fraction of sp³-hybridized carbons (Fsp3) is 0.667. The molecule has 2 fully saturated rings.